The first-order chi connectivity index (χ1) is 16.6. The average molecular weight is 492 g/mol. The van der Waals surface area contributed by atoms with Crippen LogP contribution in [-0.2, 0) is 0 Å². The SMILES string of the molecule is Cc1ccc(-c2oc3ccccc3c(=O)c2OCCCCSc2nnc3c(Cl)cccn23)cc1. The van der Waals surface area contributed by atoms with Gasteiger partial charge in [0.15, 0.2) is 16.6 Å². The Morgan fingerprint density at radius 2 is 1.85 bits per heavy atom. The van der Waals surface area contributed by atoms with Crippen molar-refractivity contribution in [1.82, 2.24) is 14.6 Å². The fraction of sp³-hybridized carbons (Fsp3) is 0.192. The van der Waals surface area contributed by atoms with Gasteiger partial charge in [-0.2, -0.15) is 0 Å². The molecular weight excluding hydrogens is 470 g/mol. The minimum atomic E-state index is -0.154. The molecule has 0 N–H and O–H groups in total. The van der Waals surface area contributed by atoms with Gasteiger partial charge in [-0.1, -0.05) is 65.3 Å². The number of pyridine rings is 1. The molecule has 0 saturated heterocycles. The van der Waals surface area contributed by atoms with Gasteiger partial charge in [-0.05, 0) is 44.0 Å². The Hall–Kier alpha value is -3.29. The maximum atomic E-state index is 13.2. The Labute approximate surface area is 205 Å². The number of hydrogen-bond acceptors (Lipinski definition) is 6. The molecule has 0 unspecified atom stereocenters. The van der Waals surface area contributed by atoms with E-state index >= 15 is 0 Å². The molecule has 0 spiro atoms. The van der Waals surface area contributed by atoms with E-state index < -0.39 is 0 Å². The molecular formula is C26H22ClN3O3S. The van der Waals surface area contributed by atoms with E-state index in [1.807, 2.05) is 60.0 Å². The molecule has 0 saturated carbocycles. The van der Waals surface area contributed by atoms with Gasteiger partial charge >= 0.3 is 0 Å². The van der Waals surface area contributed by atoms with Crippen molar-refractivity contribution in [2.24, 2.45) is 0 Å². The summed E-state index contributed by atoms with van der Waals surface area (Å²) in [6.45, 7) is 2.43. The Morgan fingerprint density at radius 3 is 2.71 bits per heavy atom. The van der Waals surface area contributed by atoms with Gasteiger partial charge in [-0.25, -0.2) is 0 Å². The quantitative estimate of drug-likeness (QED) is 0.184. The molecule has 6 nitrogen and oxygen atoms in total. The van der Waals surface area contributed by atoms with Gasteiger partial charge < -0.3 is 9.15 Å². The molecule has 0 aliphatic rings. The van der Waals surface area contributed by atoms with Crippen molar-refractivity contribution >= 4 is 40.0 Å². The van der Waals surface area contributed by atoms with E-state index in [-0.39, 0.29) is 11.2 Å². The van der Waals surface area contributed by atoms with E-state index in [2.05, 4.69) is 10.2 Å². The zero-order valence-corrected chi connectivity index (χ0v) is 20.1. The van der Waals surface area contributed by atoms with Crippen LogP contribution in [0.1, 0.15) is 18.4 Å². The molecule has 0 aliphatic carbocycles. The van der Waals surface area contributed by atoms with Crippen molar-refractivity contribution < 1.29 is 9.15 Å². The van der Waals surface area contributed by atoms with Gasteiger partial charge in [-0.15, -0.1) is 10.2 Å². The average Bonchev–Trinajstić information content (AvgIpc) is 3.27. The lowest BCUT2D eigenvalue weighted by Crippen LogP contribution is -2.11. The molecule has 0 amide bonds. The molecule has 5 aromatic rings. The van der Waals surface area contributed by atoms with Crippen LogP contribution in [0, 0.1) is 6.92 Å². The van der Waals surface area contributed by atoms with Crippen molar-refractivity contribution in [3.63, 3.8) is 0 Å². The van der Waals surface area contributed by atoms with Crippen LogP contribution in [0.4, 0.5) is 0 Å². The molecule has 34 heavy (non-hydrogen) atoms. The van der Waals surface area contributed by atoms with Crippen LogP contribution in [0.2, 0.25) is 5.02 Å². The van der Waals surface area contributed by atoms with Crippen molar-refractivity contribution in [2.75, 3.05) is 12.4 Å². The summed E-state index contributed by atoms with van der Waals surface area (Å²) in [5.41, 5.74) is 3.00. The number of para-hydroxylation sites is 1. The monoisotopic (exact) mass is 491 g/mol. The number of aryl methyl sites for hydroxylation is 1. The van der Waals surface area contributed by atoms with Gasteiger partial charge in [0, 0.05) is 17.5 Å². The highest BCUT2D eigenvalue weighted by Crippen LogP contribution is 2.31. The zero-order chi connectivity index (χ0) is 23.5. The van der Waals surface area contributed by atoms with Crippen LogP contribution in [0.15, 0.2) is 81.2 Å². The molecule has 5 rings (SSSR count). The third-order valence-electron chi connectivity index (χ3n) is 5.44. The van der Waals surface area contributed by atoms with Crippen LogP contribution < -0.4 is 10.2 Å². The van der Waals surface area contributed by atoms with Gasteiger partial charge in [-0.3, -0.25) is 9.20 Å². The minimum Gasteiger partial charge on any atom is -0.486 e. The molecule has 0 fully saturated rings. The maximum Gasteiger partial charge on any atom is 0.235 e. The lowest BCUT2D eigenvalue weighted by Gasteiger charge is -2.12. The van der Waals surface area contributed by atoms with Crippen LogP contribution in [0.5, 0.6) is 5.75 Å². The van der Waals surface area contributed by atoms with Crippen molar-refractivity contribution in [1.29, 1.82) is 0 Å². The largest absolute Gasteiger partial charge is 0.486 e. The van der Waals surface area contributed by atoms with E-state index in [1.165, 1.54) is 0 Å². The van der Waals surface area contributed by atoms with E-state index in [0.717, 1.165) is 34.9 Å². The number of nitrogens with zero attached hydrogens (tertiary/aromatic N) is 3. The third-order valence-corrected chi connectivity index (χ3v) is 6.77. The molecule has 2 aromatic carbocycles. The van der Waals surface area contributed by atoms with Gasteiger partial charge in [0.05, 0.1) is 17.0 Å². The van der Waals surface area contributed by atoms with Gasteiger partial charge in [0.1, 0.15) is 5.58 Å². The predicted octanol–water partition coefficient (Wildman–Crippen LogP) is 6.42. The summed E-state index contributed by atoms with van der Waals surface area (Å²) < 4.78 is 14.0. The molecule has 0 bridgehead atoms. The highest BCUT2D eigenvalue weighted by molar-refractivity contribution is 7.99. The maximum absolute atomic E-state index is 13.2. The number of thioether (sulfide) groups is 1. The molecule has 0 aliphatic heterocycles. The summed E-state index contributed by atoms with van der Waals surface area (Å²) in [4.78, 5) is 13.2. The van der Waals surface area contributed by atoms with Crippen LogP contribution >= 0.6 is 23.4 Å². The number of benzene rings is 2. The molecule has 3 aromatic heterocycles. The number of aromatic nitrogens is 3. The van der Waals surface area contributed by atoms with Crippen LogP contribution in [-0.4, -0.2) is 27.0 Å². The Morgan fingerprint density at radius 1 is 1.03 bits per heavy atom. The zero-order valence-electron chi connectivity index (χ0n) is 18.5. The van der Waals surface area contributed by atoms with Gasteiger partial charge in [0.2, 0.25) is 11.2 Å². The number of halogens is 1. The second kappa shape index (κ2) is 9.91. The summed E-state index contributed by atoms with van der Waals surface area (Å²) in [6, 6.07) is 18.8. The van der Waals surface area contributed by atoms with Crippen molar-refractivity contribution in [2.45, 2.75) is 24.9 Å². The summed E-state index contributed by atoms with van der Waals surface area (Å²) >= 11 is 7.78. The highest BCUT2D eigenvalue weighted by atomic mass is 35.5. The Balaban J connectivity index is 1.27. The number of fused-ring (bicyclic) bond motifs is 2. The van der Waals surface area contributed by atoms with E-state index in [0.29, 0.717) is 34.0 Å². The summed E-state index contributed by atoms with van der Waals surface area (Å²) in [5.74, 6) is 1.56. The molecule has 0 atom stereocenters. The Bertz CT molecular complexity index is 1510. The number of ether oxygens (including phenoxy) is 1. The minimum absolute atomic E-state index is 0.154. The summed E-state index contributed by atoms with van der Waals surface area (Å²) in [5, 5.41) is 10.3. The lowest BCUT2D eigenvalue weighted by atomic mass is 10.1. The fourth-order valence-electron chi connectivity index (χ4n) is 3.65. The molecule has 0 radical (unpaired) electrons. The van der Waals surface area contributed by atoms with E-state index in [1.54, 1.807) is 30.0 Å². The fourth-order valence-corrected chi connectivity index (χ4v) is 4.77. The second-order valence-electron chi connectivity index (χ2n) is 7.89. The molecule has 172 valence electrons. The smallest absolute Gasteiger partial charge is 0.235 e. The number of rotatable bonds is 8. The lowest BCUT2D eigenvalue weighted by molar-refractivity contribution is 0.302. The predicted molar refractivity (Wildman–Crippen MR) is 136 cm³/mol. The summed E-state index contributed by atoms with van der Waals surface area (Å²) in [7, 11) is 0. The highest BCUT2D eigenvalue weighted by Gasteiger charge is 2.17. The third kappa shape index (κ3) is 4.54. The first kappa shape index (κ1) is 22.5. The first-order valence-electron chi connectivity index (χ1n) is 11.0. The second-order valence-corrected chi connectivity index (χ2v) is 9.36. The van der Waals surface area contributed by atoms with Crippen molar-refractivity contribution in [3.8, 4) is 17.1 Å². The van der Waals surface area contributed by atoms with E-state index in [4.69, 9.17) is 20.8 Å². The van der Waals surface area contributed by atoms with E-state index in [9.17, 15) is 4.79 Å². The summed E-state index contributed by atoms with van der Waals surface area (Å²) in [6.07, 6.45) is 3.57. The number of unbranched alkanes of at least 4 members (excludes halogenated alkanes) is 1. The van der Waals surface area contributed by atoms with Gasteiger partial charge in [0.25, 0.3) is 0 Å². The Kier molecular flexibility index (Phi) is 6.56. The molecule has 8 heteroatoms. The standard InChI is InChI=1S/C26H22ClN3O3S/c1-17-10-12-18(13-11-17)23-24(22(31)19-7-2-3-9-21(19)33-23)32-15-4-5-16-34-26-29-28-25-20(27)8-6-14-30(25)26/h2-3,6-14H,4-5,15-16H2,1H3. The normalized spacial score (nSPS) is 11.4. The topological polar surface area (TPSA) is 69.6 Å². The van der Waals surface area contributed by atoms with Crippen LogP contribution in [0.3, 0.4) is 0 Å². The number of hydrogen-bond donors (Lipinski definition) is 0. The molecule has 3 heterocycles. The van der Waals surface area contributed by atoms with Crippen LogP contribution in [0.25, 0.3) is 27.9 Å². The van der Waals surface area contributed by atoms with Crippen molar-refractivity contribution in [3.05, 3.63) is 87.7 Å². The first-order valence-corrected chi connectivity index (χ1v) is 12.4.